The Balaban J connectivity index is 2.54. The summed E-state index contributed by atoms with van der Waals surface area (Å²) in [4.78, 5) is 26.5. The Bertz CT molecular complexity index is 685. The number of carbonyl (C=O) groups is 2. The van der Waals surface area contributed by atoms with E-state index in [1.165, 1.54) is 43.6 Å². The number of hydrogen-bond acceptors (Lipinski definition) is 4. The maximum atomic E-state index is 11.5. The van der Waals surface area contributed by atoms with Crippen LogP contribution in [0.4, 0.5) is 0 Å². The summed E-state index contributed by atoms with van der Waals surface area (Å²) in [5.41, 5.74) is 1.25. The summed E-state index contributed by atoms with van der Waals surface area (Å²) >= 11 is 6.07. The first-order chi connectivity index (χ1) is 9.52. The second-order valence-electron chi connectivity index (χ2n) is 3.92. The van der Waals surface area contributed by atoms with Gasteiger partial charge in [-0.25, -0.2) is 9.59 Å². The number of esters is 1. The molecule has 20 heavy (non-hydrogen) atoms. The van der Waals surface area contributed by atoms with E-state index in [1.807, 2.05) is 0 Å². The molecule has 5 nitrogen and oxygen atoms in total. The molecule has 1 aromatic heterocycles. The second kappa shape index (κ2) is 5.71. The fourth-order valence-electron chi connectivity index (χ4n) is 1.68. The van der Waals surface area contributed by atoms with Crippen molar-refractivity contribution in [1.29, 1.82) is 0 Å². The van der Waals surface area contributed by atoms with Crippen LogP contribution in [0.25, 0.3) is 11.3 Å². The van der Waals surface area contributed by atoms with Crippen molar-refractivity contribution in [2.24, 2.45) is 0 Å². The van der Waals surface area contributed by atoms with Gasteiger partial charge in [0, 0.05) is 11.8 Å². The summed E-state index contributed by atoms with van der Waals surface area (Å²) in [6, 6.07) is 7.35. The van der Waals surface area contributed by atoms with Crippen LogP contribution in [-0.4, -0.2) is 29.1 Å². The molecular formula is C14H10ClNO4. The molecule has 0 radical (unpaired) electrons. The number of nitrogens with zero attached hydrogens (tertiary/aromatic N) is 1. The molecule has 0 spiro atoms. The number of rotatable bonds is 3. The number of carboxylic acids is 1. The summed E-state index contributed by atoms with van der Waals surface area (Å²) in [6.45, 7) is 0. The molecule has 1 N–H and O–H groups in total. The number of ether oxygens (including phenoxy) is 1. The van der Waals surface area contributed by atoms with E-state index in [4.69, 9.17) is 16.7 Å². The van der Waals surface area contributed by atoms with Crippen LogP contribution in [-0.2, 0) is 4.74 Å². The molecule has 0 bridgehead atoms. The molecule has 1 heterocycles. The van der Waals surface area contributed by atoms with Gasteiger partial charge in [-0.15, -0.1) is 0 Å². The van der Waals surface area contributed by atoms with Crippen LogP contribution < -0.4 is 0 Å². The molecule has 0 aliphatic heterocycles. The van der Waals surface area contributed by atoms with Crippen molar-refractivity contribution in [2.75, 3.05) is 7.11 Å². The zero-order valence-corrected chi connectivity index (χ0v) is 11.2. The zero-order chi connectivity index (χ0) is 14.7. The van der Waals surface area contributed by atoms with Gasteiger partial charge in [0.2, 0.25) is 0 Å². The van der Waals surface area contributed by atoms with E-state index in [1.54, 1.807) is 0 Å². The van der Waals surface area contributed by atoms with Crippen molar-refractivity contribution in [3.8, 4) is 11.3 Å². The Kier molecular flexibility index (Phi) is 4.00. The quantitative estimate of drug-likeness (QED) is 0.880. The summed E-state index contributed by atoms with van der Waals surface area (Å²) in [5, 5.41) is 9.34. The molecule has 6 heteroatoms. The fourth-order valence-corrected chi connectivity index (χ4v) is 1.89. The first-order valence-corrected chi connectivity index (χ1v) is 5.98. The van der Waals surface area contributed by atoms with Gasteiger partial charge in [-0.05, 0) is 30.3 Å². The van der Waals surface area contributed by atoms with Crippen LogP contribution in [0.5, 0.6) is 0 Å². The van der Waals surface area contributed by atoms with Gasteiger partial charge in [0.25, 0.3) is 0 Å². The topological polar surface area (TPSA) is 76.5 Å². The number of aromatic carboxylic acids is 1. The highest BCUT2D eigenvalue weighted by Gasteiger charge is 2.13. The number of aromatic nitrogens is 1. The highest BCUT2D eigenvalue weighted by molar-refractivity contribution is 6.33. The van der Waals surface area contributed by atoms with Gasteiger partial charge >= 0.3 is 11.9 Å². The van der Waals surface area contributed by atoms with E-state index in [0.717, 1.165) is 0 Å². The van der Waals surface area contributed by atoms with E-state index in [-0.39, 0.29) is 5.56 Å². The summed E-state index contributed by atoms with van der Waals surface area (Å²) in [6.07, 6.45) is 1.37. The van der Waals surface area contributed by atoms with Gasteiger partial charge in [0.15, 0.2) is 0 Å². The largest absolute Gasteiger partial charge is 0.478 e. The predicted molar refractivity (Wildman–Crippen MR) is 73.0 cm³/mol. The van der Waals surface area contributed by atoms with Crippen LogP contribution in [0, 0.1) is 0 Å². The Morgan fingerprint density at radius 1 is 1.20 bits per heavy atom. The molecule has 0 saturated carbocycles. The number of hydrogen-bond donors (Lipinski definition) is 1. The fraction of sp³-hybridized carbons (Fsp3) is 0.0714. The minimum Gasteiger partial charge on any atom is -0.478 e. The SMILES string of the molecule is COC(=O)c1ccc(Cl)c(-c2cc(C(=O)O)ccn2)c1. The molecule has 2 aromatic rings. The molecule has 0 unspecified atom stereocenters. The monoisotopic (exact) mass is 291 g/mol. The van der Waals surface area contributed by atoms with E-state index >= 15 is 0 Å². The third-order valence-electron chi connectivity index (χ3n) is 2.67. The van der Waals surface area contributed by atoms with Crippen molar-refractivity contribution in [1.82, 2.24) is 4.98 Å². The highest BCUT2D eigenvalue weighted by Crippen LogP contribution is 2.28. The van der Waals surface area contributed by atoms with E-state index < -0.39 is 11.9 Å². The van der Waals surface area contributed by atoms with Gasteiger partial charge in [-0.1, -0.05) is 11.6 Å². The van der Waals surface area contributed by atoms with E-state index in [2.05, 4.69) is 9.72 Å². The number of carbonyl (C=O) groups excluding carboxylic acids is 1. The molecule has 0 fully saturated rings. The minimum atomic E-state index is -1.06. The summed E-state index contributed by atoms with van der Waals surface area (Å²) < 4.78 is 4.63. The Morgan fingerprint density at radius 3 is 2.60 bits per heavy atom. The van der Waals surface area contributed by atoms with Crippen LogP contribution in [0.15, 0.2) is 36.5 Å². The zero-order valence-electron chi connectivity index (χ0n) is 10.5. The van der Waals surface area contributed by atoms with Crippen molar-refractivity contribution < 1.29 is 19.4 Å². The lowest BCUT2D eigenvalue weighted by atomic mass is 10.1. The number of halogens is 1. The van der Waals surface area contributed by atoms with Crippen molar-refractivity contribution >= 4 is 23.5 Å². The smallest absolute Gasteiger partial charge is 0.337 e. The van der Waals surface area contributed by atoms with Gasteiger partial charge in [0.1, 0.15) is 0 Å². The summed E-state index contributed by atoms with van der Waals surface area (Å²) in [5.74, 6) is -1.56. The number of benzene rings is 1. The van der Waals surface area contributed by atoms with Gasteiger partial charge < -0.3 is 9.84 Å². The third-order valence-corrected chi connectivity index (χ3v) is 3.00. The first-order valence-electron chi connectivity index (χ1n) is 5.60. The molecular weight excluding hydrogens is 282 g/mol. The normalized spacial score (nSPS) is 10.1. The molecule has 0 aliphatic rings. The summed E-state index contributed by atoms with van der Waals surface area (Å²) in [7, 11) is 1.28. The molecule has 0 amide bonds. The average molecular weight is 292 g/mol. The molecule has 2 rings (SSSR count). The molecule has 0 atom stereocenters. The van der Waals surface area contributed by atoms with Gasteiger partial charge in [0.05, 0.1) is 29.0 Å². The lowest BCUT2D eigenvalue weighted by molar-refractivity contribution is 0.0600. The number of methoxy groups -OCH3 is 1. The van der Waals surface area contributed by atoms with Gasteiger partial charge in [-0.3, -0.25) is 4.98 Å². The van der Waals surface area contributed by atoms with Crippen LogP contribution >= 0.6 is 11.6 Å². The van der Waals surface area contributed by atoms with Crippen LogP contribution in [0.3, 0.4) is 0 Å². The predicted octanol–water partition coefficient (Wildman–Crippen LogP) is 2.89. The van der Waals surface area contributed by atoms with Crippen LogP contribution in [0.2, 0.25) is 5.02 Å². The Hall–Kier alpha value is -2.40. The lowest BCUT2D eigenvalue weighted by Crippen LogP contribution is -2.02. The van der Waals surface area contributed by atoms with Crippen molar-refractivity contribution in [3.05, 3.63) is 52.7 Å². The van der Waals surface area contributed by atoms with E-state index in [9.17, 15) is 9.59 Å². The first kappa shape index (κ1) is 14.0. The van der Waals surface area contributed by atoms with Gasteiger partial charge in [-0.2, -0.15) is 0 Å². The number of carboxylic acid groups (broad SMARTS) is 1. The minimum absolute atomic E-state index is 0.0922. The Labute approximate surface area is 119 Å². The number of pyridine rings is 1. The standard InChI is InChI=1S/C14H10ClNO4/c1-20-14(19)9-2-3-11(15)10(6-9)12-7-8(13(17)18)4-5-16-12/h2-7H,1H3,(H,17,18). The average Bonchev–Trinajstić information content (AvgIpc) is 2.47. The Morgan fingerprint density at radius 2 is 1.95 bits per heavy atom. The third kappa shape index (κ3) is 2.78. The highest BCUT2D eigenvalue weighted by atomic mass is 35.5. The molecule has 102 valence electrons. The maximum Gasteiger partial charge on any atom is 0.337 e. The lowest BCUT2D eigenvalue weighted by Gasteiger charge is -2.07. The van der Waals surface area contributed by atoms with E-state index in [0.29, 0.717) is 21.8 Å². The van der Waals surface area contributed by atoms with Crippen LogP contribution in [0.1, 0.15) is 20.7 Å². The van der Waals surface area contributed by atoms with Crippen molar-refractivity contribution in [3.63, 3.8) is 0 Å². The maximum absolute atomic E-state index is 11.5. The molecule has 0 aliphatic carbocycles. The second-order valence-corrected chi connectivity index (χ2v) is 4.33. The van der Waals surface area contributed by atoms with Crippen molar-refractivity contribution in [2.45, 2.75) is 0 Å². The molecule has 1 aromatic carbocycles. The molecule has 0 saturated heterocycles.